The van der Waals surface area contributed by atoms with Gasteiger partial charge in [0, 0.05) is 0 Å². The Bertz CT molecular complexity index is 775. The molecular weight excluding hydrogens is 393 g/mol. The molecule has 6 nitrogen and oxygen atoms in total. The number of hydrogen-bond acceptors (Lipinski definition) is 5. The smallest absolute Gasteiger partial charge is 0.344 e. The number of nitrogens with one attached hydrogen (secondary N) is 1. The van der Waals surface area contributed by atoms with Gasteiger partial charge in [-0.25, -0.2) is 4.79 Å². The van der Waals surface area contributed by atoms with Crippen molar-refractivity contribution < 1.29 is 23.8 Å². The summed E-state index contributed by atoms with van der Waals surface area (Å²) in [6.07, 6.45) is -1.05. The molecule has 8 heteroatoms. The monoisotopic (exact) mass is 411 g/mol. The summed E-state index contributed by atoms with van der Waals surface area (Å²) >= 11 is 12.0. The van der Waals surface area contributed by atoms with Crippen molar-refractivity contribution in [2.24, 2.45) is 0 Å². The molecule has 0 spiro atoms. The number of halogens is 2. The Labute approximate surface area is 167 Å². The molecule has 0 unspecified atom stereocenters. The molecule has 0 radical (unpaired) electrons. The minimum absolute atomic E-state index is 0.263. The highest BCUT2D eigenvalue weighted by molar-refractivity contribution is 6.39. The fraction of sp³-hybridized carbons (Fsp3) is 0.263. The van der Waals surface area contributed by atoms with Gasteiger partial charge < -0.3 is 19.5 Å². The molecule has 27 heavy (non-hydrogen) atoms. The van der Waals surface area contributed by atoms with E-state index >= 15 is 0 Å². The standard InChI is InChI=1S/C19H19Cl2NO5/c1-3-25-13-7-9-14(10-8-13)26-11-17(23)27-12(2)19(24)22-18-15(20)5-4-6-16(18)21/h4-10,12H,3,11H2,1-2H3,(H,22,24)/t12-/m1/s1. The Hall–Kier alpha value is -2.44. The molecule has 0 bridgehead atoms. The number of hydrogen-bond donors (Lipinski definition) is 1. The van der Waals surface area contributed by atoms with E-state index in [1.165, 1.54) is 6.92 Å². The van der Waals surface area contributed by atoms with Gasteiger partial charge in [0.15, 0.2) is 12.7 Å². The molecule has 0 aliphatic heterocycles. The summed E-state index contributed by atoms with van der Waals surface area (Å²) in [5, 5.41) is 3.11. The molecule has 2 aromatic carbocycles. The SMILES string of the molecule is CCOc1ccc(OCC(=O)O[C@H](C)C(=O)Nc2c(Cl)cccc2Cl)cc1. The summed E-state index contributed by atoms with van der Waals surface area (Å²) < 4.78 is 15.7. The Morgan fingerprint density at radius 3 is 2.11 bits per heavy atom. The first kappa shape index (κ1) is 20.9. The van der Waals surface area contributed by atoms with Gasteiger partial charge >= 0.3 is 5.97 Å². The number of anilines is 1. The number of amides is 1. The number of benzene rings is 2. The molecule has 0 saturated carbocycles. The zero-order chi connectivity index (χ0) is 19.8. The van der Waals surface area contributed by atoms with Crippen molar-refractivity contribution in [2.45, 2.75) is 20.0 Å². The molecule has 0 fully saturated rings. The fourth-order valence-corrected chi connectivity index (χ4v) is 2.56. The van der Waals surface area contributed by atoms with Crippen LogP contribution in [0.5, 0.6) is 11.5 Å². The molecule has 1 N–H and O–H groups in total. The van der Waals surface area contributed by atoms with Gasteiger partial charge in [-0.15, -0.1) is 0 Å². The van der Waals surface area contributed by atoms with Crippen LogP contribution in [0.3, 0.4) is 0 Å². The second-order valence-electron chi connectivity index (χ2n) is 5.41. The van der Waals surface area contributed by atoms with Crippen LogP contribution in [-0.2, 0) is 14.3 Å². The summed E-state index contributed by atoms with van der Waals surface area (Å²) in [5.41, 5.74) is 0.263. The van der Waals surface area contributed by atoms with Crippen molar-refractivity contribution >= 4 is 40.8 Å². The molecule has 2 aromatic rings. The van der Waals surface area contributed by atoms with Crippen LogP contribution in [0, 0.1) is 0 Å². The number of ether oxygens (including phenoxy) is 3. The average Bonchev–Trinajstić information content (AvgIpc) is 2.64. The summed E-state index contributed by atoms with van der Waals surface area (Å²) in [7, 11) is 0. The Balaban J connectivity index is 1.83. The zero-order valence-electron chi connectivity index (χ0n) is 14.8. The van der Waals surface area contributed by atoms with Gasteiger partial charge in [-0.2, -0.15) is 0 Å². The van der Waals surface area contributed by atoms with Crippen LogP contribution in [0.15, 0.2) is 42.5 Å². The largest absolute Gasteiger partial charge is 0.494 e. The van der Waals surface area contributed by atoms with E-state index in [4.69, 9.17) is 37.4 Å². The number of carbonyl (C=O) groups excluding carboxylic acids is 2. The van der Waals surface area contributed by atoms with Crippen molar-refractivity contribution in [1.82, 2.24) is 0 Å². The van der Waals surface area contributed by atoms with Gasteiger partial charge in [-0.05, 0) is 50.2 Å². The van der Waals surface area contributed by atoms with E-state index in [2.05, 4.69) is 5.32 Å². The van der Waals surface area contributed by atoms with Gasteiger partial charge in [-0.1, -0.05) is 29.3 Å². The first-order chi connectivity index (χ1) is 12.9. The van der Waals surface area contributed by atoms with Crippen LogP contribution in [0.2, 0.25) is 10.0 Å². The molecular formula is C19H19Cl2NO5. The summed E-state index contributed by atoms with van der Waals surface area (Å²) in [6.45, 7) is 3.55. The number of para-hydroxylation sites is 1. The van der Waals surface area contributed by atoms with Gasteiger partial charge in [-0.3, -0.25) is 4.79 Å². The molecule has 144 valence electrons. The Morgan fingerprint density at radius 1 is 1.00 bits per heavy atom. The fourth-order valence-electron chi connectivity index (χ4n) is 2.07. The van der Waals surface area contributed by atoms with E-state index in [1.807, 2.05) is 6.92 Å². The van der Waals surface area contributed by atoms with Crippen molar-refractivity contribution in [3.8, 4) is 11.5 Å². The van der Waals surface area contributed by atoms with E-state index in [0.717, 1.165) is 0 Å². The minimum atomic E-state index is -1.05. The predicted octanol–water partition coefficient (Wildman–Crippen LogP) is 4.34. The maximum Gasteiger partial charge on any atom is 0.344 e. The van der Waals surface area contributed by atoms with E-state index in [0.29, 0.717) is 18.1 Å². The molecule has 0 heterocycles. The lowest BCUT2D eigenvalue weighted by molar-refractivity contribution is -0.155. The molecule has 1 atom stereocenters. The highest BCUT2D eigenvalue weighted by Crippen LogP contribution is 2.29. The highest BCUT2D eigenvalue weighted by Gasteiger charge is 2.20. The molecule has 0 aromatic heterocycles. The molecule has 0 aliphatic rings. The zero-order valence-corrected chi connectivity index (χ0v) is 16.3. The summed E-state index contributed by atoms with van der Waals surface area (Å²) in [4.78, 5) is 24.0. The topological polar surface area (TPSA) is 73.9 Å². The number of rotatable bonds is 8. The maximum atomic E-state index is 12.2. The van der Waals surface area contributed by atoms with Gasteiger partial charge in [0.25, 0.3) is 5.91 Å². The number of carbonyl (C=O) groups is 2. The van der Waals surface area contributed by atoms with Gasteiger partial charge in [0.05, 0.1) is 22.3 Å². The third kappa shape index (κ3) is 6.34. The maximum absolute atomic E-state index is 12.2. The van der Waals surface area contributed by atoms with Crippen LogP contribution in [0.25, 0.3) is 0 Å². The lowest BCUT2D eigenvalue weighted by Crippen LogP contribution is -2.31. The first-order valence-electron chi connectivity index (χ1n) is 8.20. The van der Waals surface area contributed by atoms with Crippen molar-refractivity contribution in [3.05, 3.63) is 52.5 Å². The van der Waals surface area contributed by atoms with E-state index in [9.17, 15) is 9.59 Å². The van der Waals surface area contributed by atoms with Crippen molar-refractivity contribution in [2.75, 3.05) is 18.5 Å². The van der Waals surface area contributed by atoms with Crippen LogP contribution >= 0.6 is 23.2 Å². The average molecular weight is 412 g/mol. The van der Waals surface area contributed by atoms with Crippen molar-refractivity contribution in [1.29, 1.82) is 0 Å². The second-order valence-corrected chi connectivity index (χ2v) is 6.23. The van der Waals surface area contributed by atoms with Crippen LogP contribution < -0.4 is 14.8 Å². The summed E-state index contributed by atoms with van der Waals surface area (Å²) in [5.74, 6) is -0.0532. The van der Waals surface area contributed by atoms with Crippen LogP contribution in [0.1, 0.15) is 13.8 Å². The van der Waals surface area contributed by atoms with Crippen LogP contribution in [0.4, 0.5) is 5.69 Å². The quantitative estimate of drug-likeness (QED) is 0.653. The normalized spacial score (nSPS) is 11.4. The lowest BCUT2D eigenvalue weighted by Gasteiger charge is -2.15. The lowest BCUT2D eigenvalue weighted by atomic mass is 10.3. The predicted molar refractivity (Wildman–Crippen MR) is 104 cm³/mol. The Kier molecular flexibility index (Phi) is 7.76. The highest BCUT2D eigenvalue weighted by atomic mass is 35.5. The van der Waals surface area contributed by atoms with E-state index in [1.54, 1.807) is 42.5 Å². The minimum Gasteiger partial charge on any atom is -0.494 e. The Morgan fingerprint density at radius 2 is 1.56 bits per heavy atom. The second kappa shape index (κ2) is 10.0. The molecule has 1 amide bonds. The molecule has 2 rings (SSSR count). The first-order valence-corrected chi connectivity index (χ1v) is 8.96. The van der Waals surface area contributed by atoms with E-state index < -0.39 is 18.0 Å². The summed E-state index contributed by atoms with van der Waals surface area (Å²) in [6, 6.07) is 11.6. The van der Waals surface area contributed by atoms with Crippen molar-refractivity contribution in [3.63, 3.8) is 0 Å². The van der Waals surface area contributed by atoms with E-state index in [-0.39, 0.29) is 22.3 Å². The molecule has 0 aliphatic carbocycles. The van der Waals surface area contributed by atoms with Gasteiger partial charge in [0.2, 0.25) is 0 Å². The molecule has 0 saturated heterocycles. The van der Waals surface area contributed by atoms with Crippen LogP contribution in [-0.4, -0.2) is 31.2 Å². The number of esters is 1. The third-order valence-corrected chi connectivity index (χ3v) is 4.01. The third-order valence-electron chi connectivity index (χ3n) is 3.38. The van der Waals surface area contributed by atoms with Gasteiger partial charge in [0.1, 0.15) is 11.5 Å².